The number of rotatable bonds is 2. The van der Waals surface area contributed by atoms with Gasteiger partial charge >= 0.3 is 12.2 Å². The Morgan fingerprint density at radius 1 is 1.31 bits per heavy atom. The zero-order chi connectivity index (χ0) is 10.3. The second kappa shape index (κ2) is 6.06. The maximum absolute atomic E-state index is 10.7. The molecule has 7 heteroatoms. The van der Waals surface area contributed by atoms with Gasteiger partial charge in [0.25, 0.3) is 0 Å². The van der Waals surface area contributed by atoms with E-state index in [9.17, 15) is 9.59 Å². The Hall–Kier alpha value is -1.50. The zero-order valence-corrected chi connectivity index (χ0v) is 7.44. The molecule has 0 aliphatic carbocycles. The third-order valence-corrected chi connectivity index (χ3v) is 0.913. The summed E-state index contributed by atoms with van der Waals surface area (Å²) in [6.45, 7) is 3.39. The minimum atomic E-state index is -1.07. The minimum Gasteiger partial charge on any atom is -0.449 e. The molecule has 0 bridgehead atoms. The van der Waals surface area contributed by atoms with Crippen molar-refractivity contribution in [3.05, 3.63) is 0 Å². The lowest BCUT2D eigenvalue weighted by Gasteiger charge is -2.13. The highest BCUT2D eigenvalue weighted by molar-refractivity contribution is 5.72. The topological polar surface area (TPSA) is 88.1 Å². The predicted molar refractivity (Wildman–Crippen MR) is 40.8 cm³/mol. The Balaban J connectivity index is 3.78. The molecule has 76 valence electrons. The van der Waals surface area contributed by atoms with Crippen molar-refractivity contribution < 1.29 is 24.3 Å². The lowest BCUT2D eigenvalue weighted by molar-refractivity contribution is -0.106. The molecule has 0 rings (SSSR count). The Morgan fingerprint density at radius 3 is 2.31 bits per heavy atom. The van der Waals surface area contributed by atoms with E-state index in [0.717, 1.165) is 0 Å². The molecule has 0 radical (unpaired) electrons. The van der Waals surface area contributed by atoms with Crippen LogP contribution in [0.15, 0.2) is 0 Å². The molecule has 7 nitrogen and oxygen atoms in total. The molecule has 0 aromatic carbocycles. The van der Waals surface area contributed by atoms with Gasteiger partial charge in [-0.05, 0) is 13.8 Å². The van der Waals surface area contributed by atoms with E-state index in [1.807, 2.05) is 0 Å². The van der Waals surface area contributed by atoms with Crippen LogP contribution in [-0.2, 0) is 9.47 Å². The van der Waals surface area contributed by atoms with Gasteiger partial charge in [-0.15, -0.1) is 0 Å². The highest BCUT2D eigenvalue weighted by Crippen LogP contribution is 1.86. The Kier molecular flexibility index (Phi) is 5.37. The lowest BCUT2D eigenvalue weighted by atomic mass is 10.9. The van der Waals surface area contributed by atoms with E-state index in [-0.39, 0.29) is 18.4 Å². The number of hydroxylamine groups is 1. The fourth-order valence-electron chi connectivity index (χ4n) is 0.480. The first-order valence-electron chi connectivity index (χ1n) is 3.71. The first kappa shape index (κ1) is 11.5. The SMILES string of the molecule is CCOC(=O)NN(O)C(=O)OCC. The third-order valence-electron chi connectivity index (χ3n) is 0.913. The van der Waals surface area contributed by atoms with E-state index in [2.05, 4.69) is 9.47 Å². The van der Waals surface area contributed by atoms with Gasteiger partial charge in [-0.1, -0.05) is 5.17 Å². The molecular formula is C6H12N2O5. The molecule has 0 aliphatic rings. The van der Waals surface area contributed by atoms with Crippen LogP contribution < -0.4 is 5.43 Å². The highest BCUT2D eigenvalue weighted by atomic mass is 16.7. The molecule has 0 fully saturated rings. The summed E-state index contributed by atoms with van der Waals surface area (Å²) < 4.78 is 8.73. The van der Waals surface area contributed by atoms with E-state index in [1.54, 1.807) is 19.3 Å². The van der Waals surface area contributed by atoms with Gasteiger partial charge in [-0.25, -0.2) is 15.0 Å². The van der Waals surface area contributed by atoms with Crippen LogP contribution in [0, 0.1) is 0 Å². The van der Waals surface area contributed by atoms with Crippen LogP contribution in [0.3, 0.4) is 0 Å². The Bertz CT molecular complexity index is 184. The van der Waals surface area contributed by atoms with Crippen molar-refractivity contribution in [2.75, 3.05) is 13.2 Å². The summed E-state index contributed by atoms with van der Waals surface area (Å²) >= 11 is 0. The summed E-state index contributed by atoms with van der Waals surface area (Å²) in [5.74, 6) is 0. The number of amides is 2. The number of ether oxygens (including phenoxy) is 2. The van der Waals surface area contributed by atoms with Gasteiger partial charge in [0.05, 0.1) is 13.2 Å². The van der Waals surface area contributed by atoms with Gasteiger partial charge in [-0.3, -0.25) is 5.21 Å². The van der Waals surface area contributed by atoms with Crippen LogP contribution in [0.4, 0.5) is 9.59 Å². The largest absolute Gasteiger partial charge is 0.454 e. The van der Waals surface area contributed by atoms with Crippen LogP contribution in [0.1, 0.15) is 13.8 Å². The molecule has 2 amide bonds. The van der Waals surface area contributed by atoms with Crippen molar-refractivity contribution in [1.29, 1.82) is 0 Å². The van der Waals surface area contributed by atoms with Crippen LogP contribution >= 0.6 is 0 Å². The number of hydrogen-bond donors (Lipinski definition) is 2. The van der Waals surface area contributed by atoms with E-state index >= 15 is 0 Å². The standard InChI is InChI=1S/C6H12N2O5/c1-3-12-5(9)7-8(11)6(10)13-4-2/h11H,3-4H2,1-2H3,(H,7,9). The van der Waals surface area contributed by atoms with E-state index in [1.165, 1.54) is 0 Å². The maximum Gasteiger partial charge on any atom is 0.454 e. The average Bonchev–Trinajstić information content (AvgIpc) is 2.05. The smallest absolute Gasteiger partial charge is 0.449 e. The number of carbonyl (C=O) groups excluding carboxylic acids is 2. The fourth-order valence-corrected chi connectivity index (χ4v) is 0.480. The number of hydrogen-bond acceptors (Lipinski definition) is 5. The molecule has 0 atom stereocenters. The summed E-state index contributed by atoms with van der Waals surface area (Å²) in [7, 11) is 0. The second-order valence-corrected chi connectivity index (χ2v) is 1.84. The van der Waals surface area contributed by atoms with Crippen LogP contribution in [0.5, 0.6) is 0 Å². The lowest BCUT2D eigenvalue weighted by Crippen LogP contribution is -2.44. The molecule has 0 saturated carbocycles. The van der Waals surface area contributed by atoms with Gasteiger partial charge in [-0.2, -0.15) is 0 Å². The number of nitrogens with one attached hydrogen (secondary N) is 1. The van der Waals surface area contributed by atoms with Crippen molar-refractivity contribution in [3.63, 3.8) is 0 Å². The van der Waals surface area contributed by atoms with Crippen molar-refractivity contribution in [1.82, 2.24) is 10.6 Å². The van der Waals surface area contributed by atoms with E-state index in [4.69, 9.17) is 5.21 Å². The van der Waals surface area contributed by atoms with Gasteiger partial charge in [0.15, 0.2) is 0 Å². The summed E-state index contributed by atoms with van der Waals surface area (Å²) in [4.78, 5) is 21.3. The quantitative estimate of drug-likeness (QED) is 0.491. The van der Waals surface area contributed by atoms with Crippen molar-refractivity contribution >= 4 is 12.2 Å². The number of hydrazine groups is 1. The highest BCUT2D eigenvalue weighted by Gasteiger charge is 2.14. The predicted octanol–water partition coefficient (Wildman–Crippen LogP) is 0.495. The van der Waals surface area contributed by atoms with Crippen LogP contribution in [0.2, 0.25) is 0 Å². The van der Waals surface area contributed by atoms with E-state index in [0.29, 0.717) is 0 Å². The first-order chi connectivity index (χ1) is 6.11. The first-order valence-corrected chi connectivity index (χ1v) is 3.71. The molecule has 0 aromatic rings. The molecule has 0 spiro atoms. The van der Waals surface area contributed by atoms with Crippen LogP contribution in [-0.4, -0.2) is 35.8 Å². The molecule has 0 heterocycles. The minimum absolute atomic E-state index is 0.0819. The summed E-state index contributed by atoms with van der Waals surface area (Å²) in [6.07, 6.45) is -2.01. The van der Waals surface area contributed by atoms with Gasteiger partial charge in [0.2, 0.25) is 0 Å². The molecule has 0 aromatic heterocycles. The maximum atomic E-state index is 10.7. The molecule has 0 unspecified atom stereocenters. The molecule has 0 aliphatic heterocycles. The van der Waals surface area contributed by atoms with Crippen molar-refractivity contribution in [2.24, 2.45) is 0 Å². The van der Waals surface area contributed by atoms with Gasteiger partial charge in [0.1, 0.15) is 0 Å². The molecule has 0 saturated heterocycles. The molecular weight excluding hydrogens is 180 g/mol. The normalized spacial score (nSPS) is 8.85. The van der Waals surface area contributed by atoms with Crippen LogP contribution in [0.25, 0.3) is 0 Å². The summed E-state index contributed by atoms with van der Waals surface area (Å²) in [5.41, 5.74) is 1.72. The Morgan fingerprint density at radius 2 is 1.85 bits per heavy atom. The fraction of sp³-hybridized carbons (Fsp3) is 0.667. The summed E-state index contributed by atoms with van der Waals surface area (Å²) in [5, 5.41) is 8.71. The van der Waals surface area contributed by atoms with Crippen molar-refractivity contribution in [3.8, 4) is 0 Å². The van der Waals surface area contributed by atoms with E-state index < -0.39 is 12.2 Å². The number of nitrogens with zero attached hydrogens (tertiary/aromatic N) is 1. The van der Waals surface area contributed by atoms with Crippen molar-refractivity contribution in [2.45, 2.75) is 13.8 Å². The van der Waals surface area contributed by atoms with Gasteiger partial charge < -0.3 is 9.47 Å². The monoisotopic (exact) mass is 192 g/mol. The Labute approximate surface area is 75.1 Å². The van der Waals surface area contributed by atoms with Gasteiger partial charge in [0, 0.05) is 0 Å². The molecule has 2 N–H and O–H groups in total. The summed E-state index contributed by atoms with van der Waals surface area (Å²) in [6, 6.07) is 0. The second-order valence-electron chi connectivity index (χ2n) is 1.84. The number of carbonyl (C=O) groups is 2. The molecule has 13 heavy (non-hydrogen) atoms. The zero-order valence-electron chi connectivity index (χ0n) is 7.44. The third kappa shape index (κ3) is 4.86. The average molecular weight is 192 g/mol.